The summed E-state index contributed by atoms with van der Waals surface area (Å²) in [6, 6.07) is 6.57. The van der Waals surface area contributed by atoms with Crippen LogP contribution in [-0.4, -0.2) is 30.4 Å². The highest BCUT2D eigenvalue weighted by Gasteiger charge is 2.39. The molecule has 4 nitrogen and oxygen atoms in total. The Balaban J connectivity index is 1.81. The highest BCUT2D eigenvalue weighted by Crippen LogP contribution is 2.22. The lowest BCUT2D eigenvalue weighted by atomic mass is 9.81. The van der Waals surface area contributed by atoms with Gasteiger partial charge in [-0.1, -0.05) is 63.3 Å². The van der Waals surface area contributed by atoms with Gasteiger partial charge in [-0.05, 0) is 13.0 Å². The second kappa shape index (κ2) is 8.73. The van der Waals surface area contributed by atoms with Gasteiger partial charge in [0.15, 0.2) is 5.78 Å². The molecule has 0 aliphatic heterocycles. The van der Waals surface area contributed by atoms with E-state index in [-0.39, 0.29) is 17.9 Å². The molecule has 1 aliphatic carbocycles. The fourth-order valence-electron chi connectivity index (χ4n) is 2.96. The Hall–Kier alpha value is -1.81. The molecule has 1 atom stereocenters. The van der Waals surface area contributed by atoms with Gasteiger partial charge in [-0.3, -0.25) is 14.4 Å². The lowest BCUT2D eigenvalue weighted by molar-refractivity contribution is -0.117. The van der Waals surface area contributed by atoms with Crippen LogP contribution in [0.25, 0.3) is 0 Å². The van der Waals surface area contributed by atoms with E-state index in [9.17, 15) is 14.4 Å². The first kappa shape index (κ1) is 17.5. The van der Waals surface area contributed by atoms with Gasteiger partial charge in [0.1, 0.15) is 5.92 Å². The van der Waals surface area contributed by atoms with E-state index in [1.165, 1.54) is 25.7 Å². The van der Waals surface area contributed by atoms with Crippen LogP contribution in [0.4, 0.5) is 0 Å². The predicted octanol–water partition coefficient (Wildman–Crippen LogP) is 3.20. The Bertz CT molecular complexity index is 580. The minimum Gasteiger partial charge on any atom is -0.316 e. The summed E-state index contributed by atoms with van der Waals surface area (Å²) in [5.74, 6) is -2.21. The van der Waals surface area contributed by atoms with Crippen LogP contribution in [0.2, 0.25) is 0 Å². The number of ketones is 3. The zero-order chi connectivity index (χ0) is 16.7. The van der Waals surface area contributed by atoms with Crippen LogP contribution in [0.15, 0.2) is 24.3 Å². The Labute approximate surface area is 137 Å². The minimum absolute atomic E-state index is 0.236. The maximum absolute atomic E-state index is 12.4. The van der Waals surface area contributed by atoms with Crippen molar-refractivity contribution in [3.05, 3.63) is 35.4 Å². The third-order valence-electron chi connectivity index (χ3n) is 4.35. The van der Waals surface area contributed by atoms with Gasteiger partial charge in [0.05, 0.1) is 0 Å². The van der Waals surface area contributed by atoms with Crippen LogP contribution in [0, 0.1) is 5.92 Å². The number of unbranched alkanes of at least 4 members (excludes halogenated alkanes) is 5. The highest BCUT2D eigenvalue weighted by molar-refractivity contribution is 6.51. The number of benzene rings is 1. The summed E-state index contributed by atoms with van der Waals surface area (Å²) in [6.45, 7) is 3.23. The maximum Gasteiger partial charge on any atom is 0.230 e. The van der Waals surface area contributed by atoms with Gasteiger partial charge in [0, 0.05) is 17.7 Å². The second-order valence-electron chi connectivity index (χ2n) is 6.13. The summed E-state index contributed by atoms with van der Waals surface area (Å²) >= 11 is 0. The molecule has 1 aromatic carbocycles. The Morgan fingerprint density at radius 1 is 0.870 bits per heavy atom. The van der Waals surface area contributed by atoms with E-state index in [2.05, 4.69) is 12.2 Å². The number of hydrogen-bond acceptors (Lipinski definition) is 4. The smallest absolute Gasteiger partial charge is 0.230 e. The van der Waals surface area contributed by atoms with E-state index in [0.717, 1.165) is 19.4 Å². The molecular formula is C19H25NO3. The molecular weight excluding hydrogens is 290 g/mol. The monoisotopic (exact) mass is 315 g/mol. The summed E-state index contributed by atoms with van der Waals surface area (Å²) < 4.78 is 0. The quantitative estimate of drug-likeness (QED) is 0.432. The SMILES string of the molecule is CCCCCCCCNCC1C(=O)C(=O)c2ccccc2C1=O. The van der Waals surface area contributed by atoms with Gasteiger partial charge in [0.2, 0.25) is 11.6 Å². The van der Waals surface area contributed by atoms with Crippen LogP contribution in [0.5, 0.6) is 0 Å². The average Bonchev–Trinajstić information content (AvgIpc) is 2.58. The van der Waals surface area contributed by atoms with Gasteiger partial charge in [-0.15, -0.1) is 0 Å². The zero-order valence-electron chi connectivity index (χ0n) is 13.8. The van der Waals surface area contributed by atoms with Crippen molar-refractivity contribution in [2.45, 2.75) is 45.4 Å². The van der Waals surface area contributed by atoms with Crippen molar-refractivity contribution in [1.82, 2.24) is 5.32 Å². The number of fused-ring (bicyclic) bond motifs is 1. The van der Waals surface area contributed by atoms with E-state index in [0.29, 0.717) is 5.56 Å². The molecule has 4 heteroatoms. The molecule has 0 fully saturated rings. The molecule has 0 amide bonds. The topological polar surface area (TPSA) is 63.2 Å². The minimum atomic E-state index is -0.863. The van der Waals surface area contributed by atoms with E-state index < -0.39 is 17.5 Å². The molecule has 0 heterocycles. The number of hydrogen-bond donors (Lipinski definition) is 1. The molecule has 1 unspecified atom stereocenters. The Kier molecular flexibility index (Phi) is 6.66. The van der Waals surface area contributed by atoms with Gasteiger partial charge >= 0.3 is 0 Å². The first-order chi connectivity index (χ1) is 11.2. The van der Waals surface area contributed by atoms with E-state index in [4.69, 9.17) is 0 Å². The van der Waals surface area contributed by atoms with Gasteiger partial charge < -0.3 is 5.32 Å². The van der Waals surface area contributed by atoms with Crippen molar-refractivity contribution in [3.8, 4) is 0 Å². The number of carbonyl (C=O) groups is 3. The lowest BCUT2D eigenvalue weighted by Gasteiger charge is -2.21. The van der Waals surface area contributed by atoms with Crippen molar-refractivity contribution in [2.24, 2.45) is 5.92 Å². The molecule has 0 saturated carbocycles. The average molecular weight is 315 g/mol. The summed E-state index contributed by atoms with van der Waals surface area (Å²) in [5, 5.41) is 3.16. The fraction of sp³-hybridized carbons (Fsp3) is 0.526. The van der Waals surface area contributed by atoms with Crippen LogP contribution in [0.1, 0.15) is 66.2 Å². The molecule has 2 rings (SSSR count). The fourth-order valence-corrected chi connectivity index (χ4v) is 2.96. The lowest BCUT2D eigenvalue weighted by Crippen LogP contribution is -2.42. The number of rotatable bonds is 9. The predicted molar refractivity (Wildman–Crippen MR) is 89.8 cm³/mol. The molecule has 0 radical (unpaired) electrons. The first-order valence-electron chi connectivity index (χ1n) is 8.59. The highest BCUT2D eigenvalue weighted by atomic mass is 16.2. The normalized spacial score (nSPS) is 17.4. The third-order valence-corrected chi connectivity index (χ3v) is 4.35. The maximum atomic E-state index is 12.4. The van der Waals surface area contributed by atoms with Crippen molar-refractivity contribution >= 4 is 17.3 Å². The van der Waals surface area contributed by atoms with Crippen molar-refractivity contribution in [2.75, 3.05) is 13.1 Å². The Morgan fingerprint density at radius 3 is 2.26 bits per heavy atom. The Morgan fingerprint density at radius 2 is 1.52 bits per heavy atom. The van der Waals surface area contributed by atoms with Crippen molar-refractivity contribution < 1.29 is 14.4 Å². The molecule has 124 valence electrons. The number of carbonyl (C=O) groups excluding carboxylic acids is 3. The summed E-state index contributed by atoms with van der Waals surface area (Å²) in [5.41, 5.74) is 0.623. The third kappa shape index (κ3) is 4.35. The van der Waals surface area contributed by atoms with E-state index in [1.807, 2.05) is 0 Å². The van der Waals surface area contributed by atoms with Gasteiger partial charge in [-0.25, -0.2) is 0 Å². The van der Waals surface area contributed by atoms with Crippen LogP contribution < -0.4 is 5.32 Å². The standard InChI is InChI=1S/C19H25NO3/c1-2-3-4-5-6-9-12-20-13-16-17(21)14-10-7-8-11-15(14)18(22)19(16)23/h7-8,10-11,16,20H,2-6,9,12-13H2,1H3. The summed E-state index contributed by atoms with van der Waals surface area (Å²) in [6.07, 6.45) is 7.19. The molecule has 0 bridgehead atoms. The number of Topliss-reactive ketones (excluding diaryl/α,β-unsaturated/α-hetero) is 3. The van der Waals surface area contributed by atoms with Crippen molar-refractivity contribution in [3.63, 3.8) is 0 Å². The van der Waals surface area contributed by atoms with Gasteiger partial charge in [0.25, 0.3) is 0 Å². The number of nitrogens with one attached hydrogen (secondary N) is 1. The molecule has 1 N–H and O–H groups in total. The second-order valence-corrected chi connectivity index (χ2v) is 6.13. The molecule has 1 aromatic rings. The molecule has 0 spiro atoms. The van der Waals surface area contributed by atoms with Crippen LogP contribution in [0.3, 0.4) is 0 Å². The largest absolute Gasteiger partial charge is 0.316 e. The molecule has 23 heavy (non-hydrogen) atoms. The van der Waals surface area contributed by atoms with Crippen LogP contribution in [-0.2, 0) is 4.79 Å². The molecule has 0 aromatic heterocycles. The van der Waals surface area contributed by atoms with E-state index >= 15 is 0 Å². The van der Waals surface area contributed by atoms with Gasteiger partial charge in [-0.2, -0.15) is 0 Å². The van der Waals surface area contributed by atoms with E-state index in [1.54, 1.807) is 24.3 Å². The zero-order valence-corrected chi connectivity index (χ0v) is 13.8. The molecule has 0 saturated heterocycles. The molecule has 1 aliphatic rings. The van der Waals surface area contributed by atoms with Crippen molar-refractivity contribution in [1.29, 1.82) is 0 Å². The summed E-state index contributed by atoms with van der Waals surface area (Å²) in [4.78, 5) is 36.6. The first-order valence-corrected chi connectivity index (χ1v) is 8.59. The summed E-state index contributed by atoms with van der Waals surface area (Å²) in [7, 11) is 0. The van der Waals surface area contributed by atoms with Crippen LogP contribution >= 0.6 is 0 Å².